The zero-order chi connectivity index (χ0) is 12.1. The zero-order valence-electron chi connectivity index (χ0n) is 9.90. The van der Waals surface area contributed by atoms with Crippen LogP contribution in [0.1, 0.15) is 26.0 Å². The lowest BCUT2D eigenvalue weighted by molar-refractivity contribution is -0.117. The van der Waals surface area contributed by atoms with Crippen molar-refractivity contribution in [2.75, 3.05) is 5.32 Å². The van der Waals surface area contributed by atoms with E-state index in [1.807, 2.05) is 20.8 Å². The van der Waals surface area contributed by atoms with E-state index in [1.165, 1.54) is 6.33 Å². The van der Waals surface area contributed by atoms with Crippen LogP contribution in [-0.2, 0) is 4.79 Å². The fourth-order valence-corrected chi connectivity index (χ4v) is 1.36. The lowest BCUT2D eigenvalue weighted by atomic mass is 10.0. The maximum absolute atomic E-state index is 11.7. The first-order chi connectivity index (χ1) is 7.49. The number of nitrogens with zero attached hydrogens (tertiary/aromatic N) is 2. The summed E-state index contributed by atoms with van der Waals surface area (Å²) in [6.45, 7) is 5.90. The third-order valence-corrected chi connectivity index (χ3v) is 2.12. The van der Waals surface area contributed by atoms with Crippen LogP contribution in [0, 0.1) is 12.8 Å². The summed E-state index contributed by atoms with van der Waals surface area (Å²) in [4.78, 5) is 19.6. The number of hydrogen-bond acceptors (Lipinski definition) is 4. The van der Waals surface area contributed by atoms with Gasteiger partial charge in [0.05, 0.1) is 6.04 Å². The molecule has 1 atom stereocenters. The molecule has 0 bridgehead atoms. The van der Waals surface area contributed by atoms with E-state index in [9.17, 15) is 4.79 Å². The predicted octanol–water partition coefficient (Wildman–Crippen LogP) is 1.10. The van der Waals surface area contributed by atoms with Gasteiger partial charge in [0.15, 0.2) is 0 Å². The Morgan fingerprint density at radius 3 is 2.75 bits per heavy atom. The number of nitrogens with one attached hydrogen (secondary N) is 1. The molecule has 0 radical (unpaired) electrons. The fraction of sp³-hybridized carbons (Fsp3) is 0.545. The first kappa shape index (κ1) is 12.6. The molecule has 0 unspecified atom stereocenters. The van der Waals surface area contributed by atoms with Gasteiger partial charge in [-0.2, -0.15) is 0 Å². The molecular formula is C11H18N4O. The molecule has 1 heterocycles. The van der Waals surface area contributed by atoms with Crippen LogP contribution < -0.4 is 11.1 Å². The first-order valence-corrected chi connectivity index (χ1v) is 5.34. The summed E-state index contributed by atoms with van der Waals surface area (Å²) in [5, 5.41) is 2.67. The number of anilines is 1. The van der Waals surface area contributed by atoms with Crippen molar-refractivity contribution in [3.05, 3.63) is 18.1 Å². The van der Waals surface area contributed by atoms with Crippen molar-refractivity contribution >= 4 is 11.7 Å². The standard InChI is InChI=1S/C11H18N4O/c1-7(2)4-9(12)11(16)15-10-5-8(3)13-6-14-10/h5-7,9H,4,12H2,1-3H3,(H,13,14,15,16)/t9-/m1/s1. The third-order valence-electron chi connectivity index (χ3n) is 2.12. The lowest BCUT2D eigenvalue weighted by Crippen LogP contribution is -2.36. The highest BCUT2D eigenvalue weighted by Crippen LogP contribution is 2.07. The number of nitrogens with two attached hydrogens (primary N) is 1. The minimum atomic E-state index is -0.490. The summed E-state index contributed by atoms with van der Waals surface area (Å²) in [7, 11) is 0. The molecule has 0 aromatic carbocycles. The molecule has 16 heavy (non-hydrogen) atoms. The predicted molar refractivity (Wildman–Crippen MR) is 62.8 cm³/mol. The fourth-order valence-electron chi connectivity index (χ4n) is 1.36. The van der Waals surface area contributed by atoms with Crippen LogP contribution in [0.4, 0.5) is 5.82 Å². The van der Waals surface area contributed by atoms with E-state index in [4.69, 9.17) is 5.73 Å². The molecule has 0 aliphatic carbocycles. The lowest BCUT2D eigenvalue weighted by Gasteiger charge is -2.13. The number of aromatic nitrogens is 2. The summed E-state index contributed by atoms with van der Waals surface area (Å²) in [5.74, 6) is 0.691. The number of carbonyl (C=O) groups is 1. The highest BCUT2D eigenvalue weighted by Gasteiger charge is 2.15. The Balaban J connectivity index is 2.57. The van der Waals surface area contributed by atoms with Gasteiger partial charge >= 0.3 is 0 Å². The molecule has 1 rings (SSSR count). The largest absolute Gasteiger partial charge is 0.320 e. The Kier molecular flexibility index (Phi) is 4.37. The van der Waals surface area contributed by atoms with Gasteiger partial charge in [0, 0.05) is 11.8 Å². The monoisotopic (exact) mass is 222 g/mol. The van der Waals surface area contributed by atoms with Crippen LogP contribution in [0.5, 0.6) is 0 Å². The highest BCUT2D eigenvalue weighted by molar-refractivity contribution is 5.93. The van der Waals surface area contributed by atoms with Gasteiger partial charge in [0.1, 0.15) is 12.1 Å². The van der Waals surface area contributed by atoms with E-state index >= 15 is 0 Å². The van der Waals surface area contributed by atoms with E-state index in [0.717, 1.165) is 5.69 Å². The molecule has 0 fully saturated rings. The van der Waals surface area contributed by atoms with Crippen LogP contribution in [0.25, 0.3) is 0 Å². The van der Waals surface area contributed by atoms with Gasteiger partial charge in [0.25, 0.3) is 0 Å². The van der Waals surface area contributed by atoms with E-state index in [0.29, 0.717) is 18.2 Å². The van der Waals surface area contributed by atoms with E-state index in [1.54, 1.807) is 6.07 Å². The van der Waals surface area contributed by atoms with E-state index in [2.05, 4.69) is 15.3 Å². The van der Waals surface area contributed by atoms with Crippen molar-refractivity contribution in [1.82, 2.24) is 9.97 Å². The molecule has 0 spiro atoms. The summed E-state index contributed by atoms with van der Waals surface area (Å²) in [5.41, 5.74) is 6.56. The second-order valence-corrected chi connectivity index (χ2v) is 4.27. The van der Waals surface area contributed by atoms with Crippen LogP contribution >= 0.6 is 0 Å². The van der Waals surface area contributed by atoms with Crippen LogP contribution in [-0.4, -0.2) is 21.9 Å². The molecule has 1 aromatic rings. The maximum atomic E-state index is 11.7. The minimum absolute atomic E-state index is 0.202. The van der Waals surface area contributed by atoms with Crippen LogP contribution in [0.3, 0.4) is 0 Å². The Morgan fingerprint density at radius 1 is 1.50 bits per heavy atom. The first-order valence-electron chi connectivity index (χ1n) is 5.34. The van der Waals surface area contributed by atoms with Gasteiger partial charge in [0.2, 0.25) is 5.91 Å². The van der Waals surface area contributed by atoms with Gasteiger partial charge < -0.3 is 11.1 Å². The smallest absolute Gasteiger partial charge is 0.242 e. The zero-order valence-corrected chi connectivity index (χ0v) is 9.90. The number of amides is 1. The summed E-state index contributed by atoms with van der Waals surface area (Å²) >= 11 is 0. The normalized spacial score (nSPS) is 12.6. The second-order valence-electron chi connectivity index (χ2n) is 4.27. The Labute approximate surface area is 95.5 Å². The Morgan fingerprint density at radius 2 is 2.19 bits per heavy atom. The number of rotatable bonds is 4. The van der Waals surface area contributed by atoms with Gasteiger partial charge in [-0.05, 0) is 19.3 Å². The van der Waals surface area contributed by atoms with Crippen LogP contribution in [0.15, 0.2) is 12.4 Å². The molecule has 0 saturated heterocycles. The summed E-state index contributed by atoms with van der Waals surface area (Å²) in [6.07, 6.45) is 2.08. The molecule has 0 saturated carbocycles. The number of hydrogen-bond donors (Lipinski definition) is 2. The van der Waals surface area contributed by atoms with Crippen molar-refractivity contribution in [3.8, 4) is 0 Å². The highest BCUT2D eigenvalue weighted by atomic mass is 16.2. The molecule has 3 N–H and O–H groups in total. The summed E-state index contributed by atoms with van der Waals surface area (Å²) < 4.78 is 0. The van der Waals surface area contributed by atoms with Crippen molar-refractivity contribution in [2.24, 2.45) is 11.7 Å². The molecule has 5 heteroatoms. The molecule has 1 amide bonds. The van der Waals surface area contributed by atoms with Gasteiger partial charge in [-0.3, -0.25) is 4.79 Å². The molecule has 88 valence electrons. The SMILES string of the molecule is Cc1cc(NC(=O)[C@H](N)CC(C)C)ncn1. The summed E-state index contributed by atoms with van der Waals surface area (Å²) in [6, 6.07) is 1.22. The quantitative estimate of drug-likeness (QED) is 0.799. The molecular weight excluding hydrogens is 204 g/mol. The molecule has 0 aliphatic heterocycles. The van der Waals surface area contributed by atoms with E-state index < -0.39 is 6.04 Å². The van der Waals surface area contributed by atoms with Crippen LogP contribution in [0.2, 0.25) is 0 Å². The van der Waals surface area contributed by atoms with Crippen molar-refractivity contribution in [2.45, 2.75) is 33.2 Å². The van der Waals surface area contributed by atoms with Gasteiger partial charge in [-0.15, -0.1) is 0 Å². The number of aryl methyl sites for hydroxylation is 1. The van der Waals surface area contributed by atoms with Gasteiger partial charge in [-0.25, -0.2) is 9.97 Å². The average Bonchev–Trinajstić information content (AvgIpc) is 2.16. The average molecular weight is 222 g/mol. The molecule has 5 nitrogen and oxygen atoms in total. The van der Waals surface area contributed by atoms with Crippen molar-refractivity contribution < 1.29 is 4.79 Å². The van der Waals surface area contributed by atoms with Crippen molar-refractivity contribution in [3.63, 3.8) is 0 Å². The maximum Gasteiger partial charge on any atom is 0.242 e. The Hall–Kier alpha value is -1.49. The minimum Gasteiger partial charge on any atom is -0.320 e. The third kappa shape index (κ3) is 3.94. The molecule has 1 aromatic heterocycles. The Bertz CT molecular complexity index is 365. The second kappa shape index (κ2) is 5.55. The topological polar surface area (TPSA) is 80.9 Å². The molecule has 0 aliphatic rings. The number of carbonyl (C=O) groups excluding carboxylic acids is 1. The van der Waals surface area contributed by atoms with Gasteiger partial charge in [-0.1, -0.05) is 13.8 Å². The van der Waals surface area contributed by atoms with Crippen molar-refractivity contribution in [1.29, 1.82) is 0 Å². The van der Waals surface area contributed by atoms with E-state index in [-0.39, 0.29) is 5.91 Å².